The van der Waals surface area contributed by atoms with Gasteiger partial charge in [0.2, 0.25) is 0 Å². The minimum atomic E-state index is -0.587. The Morgan fingerprint density at radius 2 is 1.84 bits per heavy atom. The number of hydrogen-bond acceptors (Lipinski definition) is 1. The van der Waals surface area contributed by atoms with E-state index in [9.17, 15) is 5.11 Å². The van der Waals surface area contributed by atoms with Crippen LogP contribution >= 0.6 is 0 Å². The van der Waals surface area contributed by atoms with Gasteiger partial charge < -0.3 is 5.11 Å². The summed E-state index contributed by atoms with van der Waals surface area (Å²) < 4.78 is 0. The van der Waals surface area contributed by atoms with Gasteiger partial charge in [-0.1, -0.05) is 51.5 Å². The summed E-state index contributed by atoms with van der Waals surface area (Å²) >= 11 is 0. The van der Waals surface area contributed by atoms with Crippen molar-refractivity contribution in [2.45, 2.75) is 64.9 Å². The minimum Gasteiger partial charge on any atom is -0.385 e. The van der Waals surface area contributed by atoms with Crippen LogP contribution in [0.1, 0.15) is 64.0 Å². The number of aliphatic hydroxyl groups is 1. The van der Waals surface area contributed by atoms with Crippen molar-refractivity contribution in [3.63, 3.8) is 0 Å². The topological polar surface area (TPSA) is 20.2 Å². The van der Waals surface area contributed by atoms with E-state index >= 15 is 0 Å². The van der Waals surface area contributed by atoms with Crippen molar-refractivity contribution in [2.75, 3.05) is 0 Å². The normalized spacial score (nSPS) is 28.4. The van der Waals surface area contributed by atoms with Crippen LogP contribution in [0.15, 0.2) is 24.3 Å². The molecule has 0 radical (unpaired) electrons. The second-order valence-electron chi connectivity index (χ2n) is 6.52. The number of hydrogen-bond donors (Lipinski definition) is 1. The molecular formula is C18H28O. The molecule has 2 rings (SSSR count). The molecule has 0 saturated heterocycles. The molecule has 19 heavy (non-hydrogen) atoms. The van der Waals surface area contributed by atoms with E-state index in [1.54, 1.807) is 0 Å². The maximum absolute atomic E-state index is 11.0. The maximum Gasteiger partial charge on any atom is 0.0896 e. The molecule has 1 aromatic rings. The first kappa shape index (κ1) is 14.6. The zero-order chi connectivity index (χ0) is 13.9. The smallest absolute Gasteiger partial charge is 0.0896 e. The van der Waals surface area contributed by atoms with Crippen LogP contribution in [0.5, 0.6) is 0 Å². The van der Waals surface area contributed by atoms with Gasteiger partial charge in [0.25, 0.3) is 0 Å². The third-order valence-electron chi connectivity index (χ3n) is 4.94. The van der Waals surface area contributed by atoms with Gasteiger partial charge in [-0.05, 0) is 55.1 Å². The van der Waals surface area contributed by atoms with Crippen molar-refractivity contribution in [3.05, 3.63) is 35.4 Å². The van der Waals surface area contributed by atoms with Gasteiger partial charge >= 0.3 is 0 Å². The van der Waals surface area contributed by atoms with Crippen molar-refractivity contribution >= 4 is 0 Å². The summed E-state index contributed by atoms with van der Waals surface area (Å²) in [6.45, 7) is 6.79. The van der Waals surface area contributed by atoms with Gasteiger partial charge in [-0.15, -0.1) is 0 Å². The number of benzene rings is 1. The van der Waals surface area contributed by atoms with Crippen LogP contribution < -0.4 is 0 Å². The molecule has 0 heterocycles. The summed E-state index contributed by atoms with van der Waals surface area (Å²) in [5.74, 6) is 1.52. The molecule has 1 fully saturated rings. The Morgan fingerprint density at radius 1 is 1.16 bits per heavy atom. The van der Waals surface area contributed by atoms with Crippen molar-refractivity contribution in [1.82, 2.24) is 0 Å². The first-order chi connectivity index (χ1) is 9.05. The highest BCUT2D eigenvalue weighted by Gasteiger charge is 2.33. The van der Waals surface area contributed by atoms with Gasteiger partial charge in [0.05, 0.1) is 5.60 Å². The first-order valence-corrected chi connectivity index (χ1v) is 7.87. The highest BCUT2D eigenvalue weighted by Crippen LogP contribution is 2.39. The van der Waals surface area contributed by atoms with E-state index < -0.39 is 5.60 Å². The highest BCUT2D eigenvalue weighted by atomic mass is 16.3. The van der Waals surface area contributed by atoms with Crippen molar-refractivity contribution < 1.29 is 5.11 Å². The second kappa shape index (κ2) is 6.09. The Hall–Kier alpha value is -0.820. The molecule has 0 spiro atoms. The molecule has 0 amide bonds. The van der Waals surface area contributed by atoms with Crippen molar-refractivity contribution in [2.24, 2.45) is 11.8 Å². The molecule has 2 unspecified atom stereocenters. The summed E-state index contributed by atoms with van der Waals surface area (Å²) in [4.78, 5) is 0. The van der Waals surface area contributed by atoms with E-state index in [1.807, 2.05) is 0 Å². The van der Waals surface area contributed by atoms with Gasteiger partial charge in [-0.25, -0.2) is 0 Å². The average molecular weight is 260 g/mol. The van der Waals surface area contributed by atoms with Gasteiger partial charge in [0, 0.05) is 0 Å². The van der Waals surface area contributed by atoms with E-state index in [1.165, 1.54) is 12.0 Å². The Labute approximate surface area is 118 Å². The Morgan fingerprint density at radius 3 is 2.42 bits per heavy atom. The average Bonchev–Trinajstić information content (AvgIpc) is 2.62. The summed E-state index contributed by atoms with van der Waals surface area (Å²) in [6, 6.07) is 8.60. The summed E-state index contributed by atoms with van der Waals surface area (Å²) in [5.41, 5.74) is 1.88. The lowest BCUT2D eigenvalue weighted by Gasteiger charge is -2.28. The van der Waals surface area contributed by atoms with Crippen molar-refractivity contribution in [1.29, 1.82) is 0 Å². The summed E-state index contributed by atoms with van der Waals surface area (Å²) in [7, 11) is 0. The van der Waals surface area contributed by atoms with Crippen LogP contribution in [0.2, 0.25) is 0 Å². The van der Waals surface area contributed by atoms with Crippen LogP contribution in [0.4, 0.5) is 0 Å². The molecule has 2 atom stereocenters. The van der Waals surface area contributed by atoms with E-state index in [4.69, 9.17) is 0 Å². The van der Waals surface area contributed by atoms with Crippen LogP contribution in [0, 0.1) is 11.8 Å². The molecule has 106 valence electrons. The fourth-order valence-electron chi connectivity index (χ4n) is 3.36. The molecule has 1 aromatic carbocycles. The van der Waals surface area contributed by atoms with Gasteiger partial charge in [-0.3, -0.25) is 0 Å². The lowest BCUT2D eigenvalue weighted by atomic mass is 9.84. The number of rotatable bonds is 3. The fourth-order valence-corrected chi connectivity index (χ4v) is 3.36. The Balaban J connectivity index is 2.12. The Kier molecular flexibility index (Phi) is 4.67. The molecule has 0 bridgehead atoms. The predicted molar refractivity (Wildman–Crippen MR) is 81.1 cm³/mol. The van der Waals surface area contributed by atoms with E-state index in [-0.39, 0.29) is 0 Å². The molecular weight excluding hydrogens is 232 g/mol. The zero-order valence-electron chi connectivity index (χ0n) is 12.7. The van der Waals surface area contributed by atoms with Crippen LogP contribution in [0.25, 0.3) is 0 Å². The zero-order valence-corrected chi connectivity index (χ0v) is 12.7. The van der Waals surface area contributed by atoms with Crippen LogP contribution in [-0.4, -0.2) is 5.11 Å². The van der Waals surface area contributed by atoms with E-state index in [0.29, 0.717) is 0 Å². The Bertz CT molecular complexity index is 393. The molecule has 1 aliphatic carbocycles. The van der Waals surface area contributed by atoms with Gasteiger partial charge in [-0.2, -0.15) is 0 Å². The summed E-state index contributed by atoms with van der Waals surface area (Å²) in [6.07, 6.45) is 6.47. The molecule has 1 heteroatoms. The maximum atomic E-state index is 11.0. The third-order valence-corrected chi connectivity index (χ3v) is 4.94. The lowest BCUT2D eigenvalue weighted by Crippen LogP contribution is -2.25. The second-order valence-corrected chi connectivity index (χ2v) is 6.52. The predicted octanol–water partition coefficient (Wildman–Crippen LogP) is 4.67. The largest absolute Gasteiger partial charge is 0.385 e. The monoisotopic (exact) mass is 260 g/mol. The quantitative estimate of drug-likeness (QED) is 0.783. The fraction of sp³-hybridized carbons (Fsp3) is 0.667. The van der Waals surface area contributed by atoms with Gasteiger partial charge in [0.15, 0.2) is 0 Å². The lowest BCUT2D eigenvalue weighted by molar-refractivity contribution is 0.0191. The van der Waals surface area contributed by atoms with Crippen molar-refractivity contribution in [3.8, 4) is 0 Å². The van der Waals surface area contributed by atoms with E-state index in [0.717, 1.165) is 49.5 Å². The molecule has 1 aliphatic rings. The SMILES string of the molecule is CCc1ccc(C2(O)CCCC(C(C)C)CC2)cc1. The minimum absolute atomic E-state index is 0.587. The van der Waals surface area contributed by atoms with Gasteiger partial charge in [0.1, 0.15) is 0 Å². The highest BCUT2D eigenvalue weighted by molar-refractivity contribution is 5.27. The van der Waals surface area contributed by atoms with Crippen LogP contribution in [-0.2, 0) is 12.0 Å². The molecule has 1 saturated carbocycles. The molecule has 1 nitrogen and oxygen atoms in total. The standard InChI is InChI=1S/C18H28O/c1-4-15-7-9-17(10-8-15)18(19)12-5-6-16(11-13-18)14(2)3/h7-10,14,16,19H,4-6,11-13H2,1-3H3. The summed E-state index contributed by atoms with van der Waals surface area (Å²) in [5, 5.41) is 11.0. The first-order valence-electron chi connectivity index (χ1n) is 7.87. The number of aryl methyl sites for hydroxylation is 1. The molecule has 0 aromatic heterocycles. The molecule has 0 aliphatic heterocycles. The third kappa shape index (κ3) is 3.39. The molecule has 1 N–H and O–H groups in total. The van der Waals surface area contributed by atoms with E-state index in [2.05, 4.69) is 45.0 Å². The van der Waals surface area contributed by atoms with Crippen LogP contribution in [0.3, 0.4) is 0 Å².